The number of rotatable bonds is 7. The maximum atomic E-state index is 12.2. The number of aromatic amines is 1. The molecule has 0 saturated carbocycles. The van der Waals surface area contributed by atoms with Gasteiger partial charge in [0.05, 0.1) is 17.4 Å². The highest BCUT2D eigenvalue weighted by Gasteiger charge is 2.16. The molecule has 4 nitrogen and oxygen atoms in total. The standard InChI is InChI=1S/C22H27N3O/c1-4-7-16-10-12-17(13-11-16)21(15(2)3)23-14-20-24-19-9-6-5-8-18(19)22(26)25-20/h5-6,8-13,15,21,23H,4,7,14H2,1-3H3,(H,24,25,26)/t21-/m0/s1. The summed E-state index contributed by atoms with van der Waals surface area (Å²) in [6.45, 7) is 7.13. The lowest BCUT2D eigenvalue weighted by Gasteiger charge is -2.23. The van der Waals surface area contributed by atoms with Gasteiger partial charge in [-0.2, -0.15) is 0 Å². The Balaban J connectivity index is 1.78. The predicted octanol–water partition coefficient (Wildman–Crippen LogP) is 4.36. The molecule has 0 aliphatic heterocycles. The maximum absolute atomic E-state index is 12.2. The molecule has 3 aromatic rings. The van der Waals surface area contributed by atoms with Gasteiger partial charge in [-0.1, -0.05) is 63.6 Å². The van der Waals surface area contributed by atoms with Crippen molar-refractivity contribution in [2.45, 2.75) is 46.2 Å². The Labute approximate surface area is 154 Å². The van der Waals surface area contributed by atoms with E-state index in [0.717, 1.165) is 18.4 Å². The summed E-state index contributed by atoms with van der Waals surface area (Å²) in [5.41, 5.74) is 3.29. The SMILES string of the molecule is CCCc1ccc([C@@H](NCc2nc3ccccc3c(=O)[nH]2)C(C)C)cc1. The lowest BCUT2D eigenvalue weighted by Crippen LogP contribution is -2.27. The van der Waals surface area contributed by atoms with E-state index in [2.05, 4.69) is 60.3 Å². The number of fused-ring (bicyclic) bond motifs is 1. The molecule has 0 fully saturated rings. The first kappa shape index (κ1) is 18.3. The number of nitrogens with zero attached hydrogens (tertiary/aromatic N) is 1. The zero-order valence-electron chi connectivity index (χ0n) is 15.8. The summed E-state index contributed by atoms with van der Waals surface area (Å²) < 4.78 is 0. The van der Waals surface area contributed by atoms with Gasteiger partial charge in [0.15, 0.2) is 0 Å². The normalized spacial score (nSPS) is 12.6. The van der Waals surface area contributed by atoms with E-state index in [9.17, 15) is 4.79 Å². The van der Waals surface area contributed by atoms with Crippen LogP contribution in [-0.4, -0.2) is 9.97 Å². The number of hydrogen-bond acceptors (Lipinski definition) is 3. The van der Waals surface area contributed by atoms with Gasteiger partial charge in [-0.25, -0.2) is 4.98 Å². The first-order valence-electron chi connectivity index (χ1n) is 9.38. The van der Waals surface area contributed by atoms with Crippen LogP contribution in [0.25, 0.3) is 10.9 Å². The second-order valence-electron chi connectivity index (χ2n) is 7.12. The third-order valence-corrected chi connectivity index (χ3v) is 4.70. The van der Waals surface area contributed by atoms with Crippen LogP contribution in [0, 0.1) is 5.92 Å². The highest BCUT2D eigenvalue weighted by molar-refractivity contribution is 5.77. The van der Waals surface area contributed by atoms with Crippen LogP contribution in [0.5, 0.6) is 0 Å². The van der Waals surface area contributed by atoms with E-state index in [-0.39, 0.29) is 11.6 Å². The Morgan fingerprint density at radius 1 is 1.08 bits per heavy atom. The quantitative estimate of drug-likeness (QED) is 0.666. The number of aromatic nitrogens is 2. The Morgan fingerprint density at radius 3 is 2.50 bits per heavy atom. The van der Waals surface area contributed by atoms with Gasteiger partial charge in [-0.3, -0.25) is 4.79 Å². The molecular weight excluding hydrogens is 322 g/mol. The fraction of sp³-hybridized carbons (Fsp3) is 0.364. The van der Waals surface area contributed by atoms with Gasteiger partial charge in [0, 0.05) is 6.04 Å². The first-order valence-corrected chi connectivity index (χ1v) is 9.38. The van der Waals surface area contributed by atoms with Gasteiger partial charge in [0.2, 0.25) is 0 Å². The minimum absolute atomic E-state index is 0.0857. The zero-order chi connectivity index (χ0) is 18.5. The molecule has 0 amide bonds. The molecule has 26 heavy (non-hydrogen) atoms. The van der Waals surface area contributed by atoms with Crippen molar-refractivity contribution in [2.24, 2.45) is 5.92 Å². The average molecular weight is 349 g/mol. The van der Waals surface area contributed by atoms with Gasteiger partial charge >= 0.3 is 0 Å². The molecule has 0 saturated heterocycles. The van der Waals surface area contributed by atoms with Gasteiger partial charge < -0.3 is 10.3 Å². The Hall–Kier alpha value is -2.46. The second kappa shape index (κ2) is 8.28. The molecule has 0 spiro atoms. The topological polar surface area (TPSA) is 57.8 Å². The molecule has 0 aliphatic rings. The van der Waals surface area contributed by atoms with Crippen LogP contribution in [0.4, 0.5) is 0 Å². The van der Waals surface area contributed by atoms with E-state index in [1.54, 1.807) is 6.07 Å². The number of para-hydroxylation sites is 1. The fourth-order valence-corrected chi connectivity index (χ4v) is 3.34. The summed E-state index contributed by atoms with van der Waals surface area (Å²) in [6, 6.07) is 16.5. The van der Waals surface area contributed by atoms with Crippen LogP contribution < -0.4 is 10.9 Å². The van der Waals surface area contributed by atoms with Crippen molar-refractivity contribution in [3.63, 3.8) is 0 Å². The molecular formula is C22H27N3O. The monoisotopic (exact) mass is 349 g/mol. The van der Waals surface area contributed by atoms with Crippen LogP contribution in [-0.2, 0) is 13.0 Å². The van der Waals surface area contributed by atoms with Crippen molar-refractivity contribution >= 4 is 10.9 Å². The highest BCUT2D eigenvalue weighted by atomic mass is 16.1. The van der Waals surface area contributed by atoms with Crippen molar-refractivity contribution in [1.29, 1.82) is 0 Å². The summed E-state index contributed by atoms with van der Waals surface area (Å²) in [4.78, 5) is 19.7. The summed E-state index contributed by atoms with van der Waals surface area (Å²) in [7, 11) is 0. The number of benzene rings is 2. The maximum Gasteiger partial charge on any atom is 0.258 e. The first-order chi connectivity index (χ1) is 12.6. The summed E-state index contributed by atoms with van der Waals surface area (Å²) in [5.74, 6) is 1.10. The van der Waals surface area contributed by atoms with Gasteiger partial charge in [-0.05, 0) is 35.6 Å². The molecule has 2 N–H and O–H groups in total. The van der Waals surface area contributed by atoms with Gasteiger partial charge in [-0.15, -0.1) is 0 Å². The molecule has 1 atom stereocenters. The summed E-state index contributed by atoms with van der Waals surface area (Å²) in [5, 5.41) is 4.19. The van der Waals surface area contributed by atoms with Crippen LogP contribution in [0.15, 0.2) is 53.3 Å². The third-order valence-electron chi connectivity index (χ3n) is 4.70. The Morgan fingerprint density at radius 2 is 1.81 bits per heavy atom. The summed E-state index contributed by atoms with van der Waals surface area (Å²) >= 11 is 0. The van der Waals surface area contributed by atoms with Crippen molar-refractivity contribution in [1.82, 2.24) is 15.3 Å². The molecule has 1 aromatic heterocycles. The van der Waals surface area contributed by atoms with E-state index in [4.69, 9.17) is 0 Å². The number of H-pyrrole nitrogens is 1. The molecule has 0 bridgehead atoms. The van der Waals surface area contributed by atoms with Crippen LogP contribution in [0.2, 0.25) is 0 Å². The Kier molecular flexibility index (Phi) is 5.84. The average Bonchev–Trinajstić information content (AvgIpc) is 2.63. The lowest BCUT2D eigenvalue weighted by atomic mass is 9.94. The van der Waals surface area contributed by atoms with Crippen molar-refractivity contribution in [2.75, 3.05) is 0 Å². The number of hydrogen-bond donors (Lipinski definition) is 2. The zero-order valence-corrected chi connectivity index (χ0v) is 15.8. The molecule has 4 heteroatoms. The Bertz CT molecular complexity index is 913. The van der Waals surface area contributed by atoms with Gasteiger partial charge in [0.1, 0.15) is 5.82 Å². The molecule has 2 aromatic carbocycles. The molecule has 0 radical (unpaired) electrons. The number of aryl methyl sites for hydroxylation is 1. The largest absolute Gasteiger partial charge is 0.309 e. The van der Waals surface area contributed by atoms with E-state index in [1.165, 1.54) is 11.1 Å². The predicted molar refractivity (Wildman–Crippen MR) is 107 cm³/mol. The second-order valence-corrected chi connectivity index (χ2v) is 7.12. The smallest absolute Gasteiger partial charge is 0.258 e. The van der Waals surface area contributed by atoms with Gasteiger partial charge in [0.25, 0.3) is 5.56 Å². The van der Waals surface area contributed by atoms with E-state index in [1.807, 2.05) is 18.2 Å². The summed E-state index contributed by atoms with van der Waals surface area (Å²) in [6.07, 6.45) is 2.27. The van der Waals surface area contributed by atoms with Crippen LogP contribution in [0.3, 0.4) is 0 Å². The van der Waals surface area contributed by atoms with Crippen molar-refractivity contribution in [3.05, 3.63) is 75.8 Å². The molecule has 0 aliphatic carbocycles. The molecule has 0 unspecified atom stereocenters. The minimum atomic E-state index is -0.0857. The number of nitrogens with one attached hydrogen (secondary N) is 2. The fourth-order valence-electron chi connectivity index (χ4n) is 3.34. The van der Waals surface area contributed by atoms with Crippen molar-refractivity contribution < 1.29 is 0 Å². The van der Waals surface area contributed by atoms with E-state index >= 15 is 0 Å². The highest BCUT2D eigenvalue weighted by Crippen LogP contribution is 2.22. The van der Waals surface area contributed by atoms with E-state index in [0.29, 0.717) is 23.7 Å². The van der Waals surface area contributed by atoms with Crippen LogP contribution in [0.1, 0.15) is 50.2 Å². The molecule has 3 rings (SSSR count). The van der Waals surface area contributed by atoms with Crippen LogP contribution >= 0.6 is 0 Å². The molecule has 1 heterocycles. The molecule has 136 valence electrons. The van der Waals surface area contributed by atoms with E-state index < -0.39 is 0 Å². The van der Waals surface area contributed by atoms with Crippen molar-refractivity contribution in [3.8, 4) is 0 Å². The third kappa shape index (κ3) is 4.20. The lowest BCUT2D eigenvalue weighted by molar-refractivity contribution is 0.406. The minimum Gasteiger partial charge on any atom is -0.309 e.